The Balaban J connectivity index is 1.33. The molecule has 1 amide bonds. The van der Waals surface area contributed by atoms with Crippen LogP contribution in [-0.4, -0.2) is 90.4 Å². The Kier molecular flexibility index (Phi) is 9.70. The number of carbonyl (C=O) groups excluding carboxylic acids is 1. The van der Waals surface area contributed by atoms with Crippen LogP contribution in [0.5, 0.6) is 5.75 Å². The Morgan fingerprint density at radius 2 is 1.58 bits per heavy atom. The highest BCUT2D eigenvalue weighted by atomic mass is 19.4. The van der Waals surface area contributed by atoms with Gasteiger partial charge in [-0.15, -0.1) is 0 Å². The molecule has 0 spiro atoms. The normalized spacial score (nSPS) is 22.6. The molecule has 0 radical (unpaired) electrons. The average molecular weight is 632 g/mol. The third kappa shape index (κ3) is 7.09. The van der Waals surface area contributed by atoms with Crippen LogP contribution in [0.3, 0.4) is 0 Å². The first-order chi connectivity index (χ1) is 21.3. The van der Waals surface area contributed by atoms with E-state index in [4.69, 9.17) is 4.74 Å². The Bertz CT molecular complexity index is 1350. The number of benzene rings is 2. The van der Waals surface area contributed by atoms with E-state index in [2.05, 4.69) is 4.90 Å². The molecule has 8 nitrogen and oxygen atoms in total. The molecule has 2 atom stereocenters. The van der Waals surface area contributed by atoms with Gasteiger partial charge in [0.25, 0.3) is 0 Å². The zero-order valence-electron chi connectivity index (χ0n) is 26.2. The molecule has 0 saturated carbocycles. The van der Waals surface area contributed by atoms with E-state index in [0.29, 0.717) is 70.6 Å². The van der Waals surface area contributed by atoms with E-state index in [1.54, 1.807) is 13.2 Å². The second kappa shape index (κ2) is 13.2. The lowest BCUT2D eigenvalue weighted by Gasteiger charge is -2.38. The summed E-state index contributed by atoms with van der Waals surface area (Å²) >= 11 is 0. The number of anilines is 1. The molecule has 2 aromatic rings. The van der Waals surface area contributed by atoms with E-state index in [1.165, 1.54) is 6.07 Å². The molecule has 3 fully saturated rings. The molecule has 45 heavy (non-hydrogen) atoms. The summed E-state index contributed by atoms with van der Waals surface area (Å²) < 4.78 is 46.5. The molecule has 246 valence electrons. The van der Waals surface area contributed by atoms with Crippen LogP contribution in [0.15, 0.2) is 42.5 Å². The second-order valence-electron chi connectivity index (χ2n) is 13.3. The summed E-state index contributed by atoms with van der Waals surface area (Å²) in [6.07, 6.45) is -2.46. The molecular formula is C34H44F3N3O5. The Hall–Kier alpha value is -3.31. The summed E-state index contributed by atoms with van der Waals surface area (Å²) in [5, 5.41) is 19.5. The molecule has 3 heterocycles. The number of hydrogen-bond acceptors (Lipinski definition) is 6. The van der Waals surface area contributed by atoms with Crippen LogP contribution in [-0.2, 0) is 15.8 Å². The van der Waals surface area contributed by atoms with Gasteiger partial charge in [-0.1, -0.05) is 18.2 Å². The monoisotopic (exact) mass is 631 g/mol. The van der Waals surface area contributed by atoms with Crippen LogP contribution in [0, 0.1) is 11.8 Å². The van der Waals surface area contributed by atoms with E-state index in [-0.39, 0.29) is 30.3 Å². The molecule has 0 bridgehead atoms. The lowest BCUT2D eigenvalue weighted by Crippen LogP contribution is -2.47. The Labute approximate surface area is 262 Å². The number of nitrogens with zero attached hydrogens (tertiary/aromatic N) is 3. The molecule has 11 heteroatoms. The Morgan fingerprint density at radius 1 is 0.933 bits per heavy atom. The van der Waals surface area contributed by atoms with Crippen LogP contribution in [0.25, 0.3) is 0 Å². The summed E-state index contributed by atoms with van der Waals surface area (Å²) in [6, 6.07) is 11.7. The van der Waals surface area contributed by atoms with Gasteiger partial charge in [-0.05, 0) is 80.8 Å². The van der Waals surface area contributed by atoms with Gasteiger partial charge in [0.1, 0.15) is 5.75 Å². The van der Waals surface area contributed by atoms with Crippen molar-refractivity contribution in [2.75, 3.05) is 57.9 Å². The fourth-order valence-corrected chi connectivity index (χ4v) is 7.19. The lowest BCUT2D eigenvalue weighted by molar-refractivity contribution is -0.142. The van der Waals surface area contributed by atoms with Gasteiger partial charge < -0.3 is 24.7 Å². The fourth-order valence-electron chi connectivity index (χ4n) is 7.19. The number of carboxylic acids is 1. The number of methoxy groups -OCH3 is 1. The van der Waals surface area contributed by atoms with Crippen LogP contribution in [0.1, 0.15) is 68.1 Å². The van der Waals surface area contributed by atoms with Gasteiger partial charge >= 0.3 is 12.1 Å². The second-order valence-corrected chi connectivity index (χ2v) is 13.3. The van der Waals surface area contributed by atoms with Crippen LogP contribution >= 0.6 is 0 Å². The minimum atomic E-state index is -4.48. The third-order valence-electron chi connectivity index (χ3n) is 10.2. The number of carbonyl (C=O) groups is 2. The quantitative estimate of drug-likeness (QED) is 0.414. The largest absolute Gasteiger partial charge is 0.497 e. The highest BCUT2D eigenvalue weighted by Crippen LogP contribution is 2.42. The number of halogens is 3. The predicted molar refractivity (Wildman–Crippen MR) is 165 cm³/mol. The van der Waals surface area contributed by atoms with Crippen molar-refractivity contribution < 1.29 is 37.7 Å². The van der Waals surface area contributed by atoms with E-state index < -0.39 is 29.2 Å². The number of rotatable bonds is 8. The maximum Gasteiger partial charge on any atom is 0.416 e. The van der Waals surface area contributed by atoms with Crippen molar-refractivity contribution in [3.63, 3.8) is 0 Å². The molecule has 5 rings (SSSR count). The number of amides is 1. The number of alkyl halides is 3. The number of aliphatic hydroxyl groups is 1. The molecule has 3 aliphatic rings. The number of ether oxygens (including phenoxy) is 1. The van der Waals surface area contributed by atoms with Crippen molar-refractivity contribution in [1.82, 2.24) is 9.80 Å². The van der Waals surface area contributed by atoms with Crippen LogP contribution < -0.4 is 9.64 Å². The molecule has 0 aliphatic carbocycles. The van der Waals surface area contributed by atoms with Gasteiger partial charge in [-0.25, -0.2) is 0 Å². The van der Waals surface area contributed by atoms with Crippen LogP contribution in [0.4, 0.5) is 18.9 Å². The molecule has 3 saturated heterocycles. The standard InChI is InChI=1S/C34H44F3N3O5/c1-33(2,21-41)40-19-28(22-4-7-26(45-3)8-5-22)29(20-40)31(42)39-16-10-23(11-17-39)27-9-6-25(34(35,36)37)18-30(27)38-14-12-24(13-15-38)32(43)44/h4-9,18,23-24,28-29,41H,10-17,19-21H2,1-3H3,(H,43,44)/t28-,29+/m0/s1. The molecular weight excluding hydrogens is 587 g/mol. The Morgan fingerprint density at radius 3 is 2.13 bits per heavy atom. The van der Waals surface area contributed by atoms with Gasteiger partial charge in [0, 0.05) is 56.4 Å². The summed E-state index contributed by atoms with van der Waals surface area (Å²) in [6.45, 7) is 6.86. The lowest BCUT2D eigenvalue weighted by atomic mass is 9.84. The molecule has 3 aliphatic heterocycles. The topological polar surface area (TPSA) is 93.6 Å². The van der Waals surface area contributed by atoms with Crippen molar-refractivity contribution in [2.24, 2.45) is 11.8 Å². The van der Waals surface area contributed by atoms with Crippen molar-refractivity contribution in [1.29, 1.82) is 0 Å². The van der Waals surface area contributed by atoms with Crippen molar-refractivity contribution in [3.8, 4) is 5.75 Å². The third-order valence-corrected chi connectivity index (χ3v) is 10.2. The van der Waals surface area contributed by atoms with Gasteiger partial charge in [-0.3, -0.25) is 14.5 Å². The minimum Gasteiger partial charge on any atom is -0.497 e. The summed E-state index contributed by atoms with van der Waals surface area (Å²) in [7, 11) is 1.61. The van der Waals surface area contributed by atoms with Crippen molar-refractivity contribution in [3.05, 3.63) is 59.2 Å². The van der Waals surface area contributed by atoms with Crippen molar-refractivity contribution in [2.45, 2.75) is 63.1 Å². The molecule has 0 aromatic heterocycles. The highest BCUT2D eigenvalue weighted by molar-refractivity contribution is 5.81. The molecule has 0 unspecified atom stereocenters. The smallest absolute Gasteiger partial charge is 0.416 e. The number of piperidine rings is 2. The highest BCUT2D eigenvalue weighted by Gasteiger charge is 2.45. The average Bonchev–Trinajstić information content (AvgIpc) is 3.50. The molecule has 2 aromatic carbocycles. The first-order valence-electron chi connectivity index (χ1n) is 15.8. The first-order valence-corrected chi connectivity index (χ1v) is 15.8. The van der Waals surface area contributed by atoms with Crippen molar-refractivity contribution >= 4 is 17.6 Å². The summed E-state index contributed by atoms with van der Waals surface area (Å²) in [5.41, 5.74) is 1.20. The SMILES string of the molecule is COc1ccc([C@@H]2CN(C(C)(C)CO)C[C@H]2C(=O)N2CCC(c3ccc(C(F)(F)F)cc3N3CCC(C(=O)O)CC3)CC2)cc1. The predicted octanol–water partition coefficient (Wildman–Crippen LogP) is 5.21. The number of aliphatic carboxylic acids is 1. The maximum atomic E-state index is 14.1. The number of aliphatic hydroxyl groups excluding tert-OH is 1. The number of likely N-dealkylation sites (tertiary alicyclic amines) is 2. The molecule has 2 N–H and O–H groups in total. The van der Waals surface area contributed by atoms with Gasteiger partial charge in [0.05, 0.1) is 31.1 Å². The first kappa shape index (κ1) is 33.1. The fraction of sp³-hybridized carbons (Fsp3) is 0.588. The zero-order valence-corrected chi connectivity index (χ0v) is 26.2. The minimum absolute atomic E-state index is 0.0192. The van der Waals surface area contributed by atoms with Gasteiger partial charge in [0.2, 0.25) is 5.91 Å². The maximum absolute atomic E-state index is 14.1. The van der Waals surface area contributed by atoms with E-state index in [0.717, 1.165) is 22.9 Å². The van der Waals surface area contributed by atoms with Gasteiger partial charge in [-0.2, -0.15) is 13.2 Å². The number of hydrogen-bond donors (Lipinski definition) is 2. The van der Waals surface area contributed by atoms with E-state index in [9.17, 15) is 33.0 Å². The van der Waals surface area contributed by atoms with Crippen LogP contribution in [0.2, 0.25) is 0 Å². The summed E-state index contributed by atoms with van der Waals surface area (Å²) in [4.78, 5) is 31.5. The number of carboxylic acid groups (broad SMARTS) is 1. The zero-order chi connectivity index (χ0) is 32.5. The van der Waals surface area contributed by atoms with E-state index >= 15 is 0 Å². The van der Waals surface area contributed by atoms with E-state index in [1.807, 2.05) is 47.9 Å². The summed E-state index contributed by atoms with van der Waals surface area (Å²) in [5.74, 6) is -0.914. The van der Waals surface area contributed by atoms with Gasteiger partial charge in [0.15, 0.2) is 0 Å².